The van der Waals surface area contributed by atoms with Crippen LogP contribution in [-0.2, 0) is 11.3 Å². The van der Waals surface area contributed by atoms with Gasteiger partial charge in [0.1, 0.15) is 0 Å². The molecule has 1 aliphatic rings. The number of likely N-dealkylation sites (N-methyl/N-ethyl adjacent to an activating group) is 1. The number of hydrogen-bond donors (Lipinski definition) is 1. The smallest absolute Gasteiger partial charge is 0.236 e. The molecular formula is C16H27N3OS. The molecule has 0 bridgehead atoms. The summed E-state index contributed by atoms with van der Waals surface area (Å²) in [5.41, 5.74) is 0. The molecule has 118 valence electrons. The summed E-state index contributed by atoms with van der Waals surface area (Å²) in [6.45, 7) is 6.58. The van der Waals surface area contributed by atoms with Gasteiger partial charge in [0, 0.05) is 24.5 Å². The Morgan fingerprint density at radius 1 is 1.52 bits per heavy atom. The number of rotatable bonds is 7. The van der Waals surface area contributed by atoms with Crippen molar-refractivity contribution >= 4 is 17.2 Å². The Bertz CT molecular complexity index is 415. The van der Waals surface area contributed by atoms with Crippen molar-refractivity contribution in [3.63, 3.8) is 0 Å². The summed E-state index contributed by atoms with van der Waals surface area (Å²) in [5, 5.41) is 5.51. The van der Waals surface area contributed by atoms with Crippen LogP contribution < -0.4 is 5.32 Å². The van der Waals surface area contributed by atoms with Crippen molar-refractivity contribution in [3.8, 4) is 0 Å². The highest BCUT2D eigenvalue weighted by Crippen LogP contribution is 2.13. The van der Waals surface area contributed by atoms with E-state index in [9.17, 15) is 4.79 Å². The van der Waals surface area contributed by atoms with Gasteiger partial charge in [0.25, 0.3) is 0 Å². The largest absolute Gasteiger partial charge is 0.340 e. The second-order valence-electron chi connectivity index (χ2n) is 5.80. The van der Waals surface area contributed by atoms with Crippen molar-refractivity contribution in [1.82, 2.24) is 15.1 Å². The molecule has 1 fully saturated rings. The zero-order valence-corrected chi connectivity index (χ0v) is 14.0. The number of thiophene rings is 1. The van der Waals surface area contributed by atoms with Crippen molar-refractivity contribution < 1.29 is 4.79 Å². The predicted molar refractivity (Wildman–Crippen MR) is 88.5 cm³/mol. The lowest BCUT2D eigenvalue weighted by molar-refractivity contribution is -0.132. The van der Waals surface area contributed by atoms with Crippen molar-refractivity contribution in [3.05, 3.63) is 22.4 Å². The van der Waals surface area contributed by atoms with Gasteiger partial charge in [0.05, 0.1) is 13.1 Å². The average Bonchev–Trinajstić information content (AvgIpc) is 3.00. The third-order valence-corrected chi connectivity index (χ3v) is 4.90. The summed E-state index contributed by atoms with van der Waals surface area (Å²) in [6.07, 6.45) is 3.51. The van der Waals surface area contributed by atoms with Gasteiger partial charge in [-0.1, -0.05) is 13.0 Å². The van der Waals surface area contributed by atoms with Crippen molar-refractivity contribution in [2.24, 2.45) is 0 Å². The fourth-order valence-electron chi connectivity index (χ4n) is 2.84. The Kier molecular flexibility index (Phi) is 6.67. The fourth-order valence-corrected chi connectivity index (χ4v) is 3.60. The number of amides is 1. The van der Waals surface area contributed by atoms with E-state index in [-0.39, 0.29) is 5.91 Å². The highest BCUT2D eigenvalue weighted by Gasteiger charge is 2.23. The number of piperidine rings is 1. The molecule has 1 saturated heterocycles. The van der Waals surface area contributed by atoms with E-state index in [1.54, 1.807) is 11.3 Å². The molecule has 1 N–H and O–H groups in total. The molecule has 1 aliphatic heterocycles. The molecule has 1 aromatic heterocycles. The standard InChI is InChI=1S/C16H27N3OS/c1-3-9-19(14-6-4-8-17-11-14)13-16(20)18(2)12-15-7-5-10-21-15/h5,7,10,14,17H,3-4,6,8-9,11-13H2,1-2H3. The van der Waals surface area contributed by atoms with Gasteiger partial charge in [0.15, 0.2) is 0 Å². The molecule has 1 unspecified atom stereocenters. The first-order valence-electron chi connectivity index (χ1n) is 7.91. The summed E-state index contributed by atoms with van der Waals surface area (Å²) in [5.74, 6) is 0.224. The number of carbonyl (C=O) groups excluding carboxylic acids is 1. The normalized spacial score (nSPS) is 18.9. The molecular weight excluding hydrogens is 282 g/mol. The molecule has 1 aromatic rings. The summed E-state index contributed by atoms with van der Waals surface area (Å²) in [7, 11) is 1.91. The Labute approximate surface area is 132 Å². The Morgan fingerprint density at radius 2 is 2.38 bits per heavy atom. The van der Waals surface area contributed by atoms with Crippen LogP contribution in [0.25, 0.3) is 0 Å². The molecule has 2 heterocycles. The van der Waals surface area contributed by atoms with Gasteiger partial charge < -0.3 is 10.2 Å². The van der Waals surface area contributed by atoms with Gasteiger partial charge in [0.2, 0.25) is 5.91 Å². The molecule has 21 heavy (non-hydrogen) atoms. The van der Waals surface area contributed by atoms with E-state index in [0.29, 0.717) is 12.6 Å². The monoisotopic (exact) mass is 309 g/mol. The highest BCUT2D eigenvalue weighted by molar-refractivity contribution is 7.09. The molecule has 4 nitrogen and oxygen atoms in total. The molecule has 0 spiro atoms. The van der Waals surface area contributed by atoms with Crippen LogP contribution in [0.2, 0.25) is 0 Å². The Morgan fingerprint density at radius 3 is 3.00 bits per heavy atom. The van der Waals surface area contributed by atoms with Gasteiger partial charge in [-0.15, -0.1) is 11.3 Å². The van der Waals surface area contributed by atoms with Crippen LogP contribution >= 0.6 is 11.3 Å². The summed E-state index contributed by atoms with van der Waals surface area (Å²) in [4.78, 5) is 17.9. The number of hydrogen-bond acceptors (Lipinski definition) is 4. The van der Waals surface area contributed by atoms with Gasteiger partial charge in [-0.2, -0.15) is 0 Å². The maximum absolute atomic E-state index is 12.5. The first-order valence-corrected chi connectivity index (χ1v) is 8.79. The minimum Gasteiger partial charge on any atom is -0.340 e. The second-order valence-corrected chi connectivity index (χ2v) is 6.83. The zero-order chi connectivity index (χ0) is 15.1. The van der Waals surface area contributed by atoms with Gasteiger partial charge >= 0.3 is 0 Å². The Balaban J connectivity index is 1.87. The van der Waals surface area contributed by atoms with Crippen LogP contribution in [-0.4, -0.2) is 55.0 Å². The van der Waals surface area contributed by atoms with Crippen molar-refractivity contribution in [2.45, 2.75) is 38.8 Å². The topological polar surface area (TPSA) is 35.6 Å². The summed E-state index contributed by atoms with van der Waals surface area (Å²) < 4.78 is 0. The molecule has 1 amide bonds. The maximum atomic E-state index is 12.5. The fraction of sp³-hybridized carbons (Fsp3) is 0.688. The van der Waals surface area contributed by atoms with Crippen LogP contribution in [0.5, 0.6) is 0 Å². The molecule has 0 aliphatic carbocycles. The highest BCUT2D eigenvalue weighted by atomic mass is 32.1. The minimum absolute atomic E-state index is 0.224. The quantitative estimate of drug-likeness (QED) is 0.838. The number of nitrogens with one attached hydrogen (secondary N) is 1. The van der Waals surface area contributed by atoms with E-state index >= 15 is 0 Å². The zero-order valence-electron chi connectivity index (χ0n) is 13.2. The molecule has 1 atom stereocenters. The van der Waals surface area contributed by atoms with Gasteiger partial charge in [-0.25, -0.2) is 0 Å². The number of carbonyl (C=O) groups is 1. The third-order valence-electron chi connectivity index (χ3n) is 4.04. The first kappa shape index (κ1) is 16.5. The molecule has 5 heteroatoms. The molecule has 0 radical (unpaired) electrons. The van der Waals surface area contributed by atoms with E-state index in [2.05, 4.69) is 28.6 Å². The average molecular weight is 309 g/mol. The van der Waals surface area contributed by atoms with Crippen molar-refractivity contribution in [2.75, 3.05) is 33.2 Å². The van der Waals surface area contributed by atoms with E-state index < -0.39 is 0 Å². The molecule has 0 aromatic carbocycles. The summed E-state index contributed by atoms with van der Waals surface area (Å²) >= 11 is 1.71. The van der Waals surface area contributed by atoms with E-state index in [0.717, 1.165) is 32.6 Å². The summed E-state index contributed by atoms with van der Waals surface area (Å²) in [6, 6.07) is 4.64. The third kappa shape index (κ3) is 5.09. The van der Waals surface area contributed by atoms with Crippen LogP contribution in [0.3, 0.4) is 0 Å². The lowest BCUT2D eigenvalue weighted by Crippen LogP contribution is -2.49. The van der Waals surface area contributed by atoms with Crippen LogP contribution in [0.4, 0.5) is 0 Å². The van der Waals surface area contributed by atoms with E-state index in [1.165, 1.54) is 17.7 Å². The maximum Gasteiger partial charge on any atom is 0.236 e. The second kappa shape index (κ2) is 8.51. The van der Waals surface area contributed by atoms with Crippen LogP contribution in [0.15, 0.2) is 17.5 Å². The van der Waals surface area contributed by atoms with Crippen molar-refractivity contribution in [1.29, 1.82) is 0 Å². The minimum atomic E-state index is 0.224. The van der Waals surface area contributed by atoms with Crippen LogP contribution in [0.1, 0.15) is 31.1 Å². The van der Waals surface area contributed by atoms with E-state index in [1.807, 2.05) is 18.0 Å². The molecule has 2 rings (SSSR count). The first-order chi connectivity index (χ1) is 10.2. The lowest BCUT2D eigenvalue weighted by atomic mass is 10.1. The van der Waals surface area contributed by atoms with Gasteiger partial charge in [-0.05, 0) is 43.8 Å². The SMILES string of the molecule is CCCN(CC(=O)N(C)Cc1cccs1)C1CCCNC1. The Hall–Kier alpha value is -0.910. The van der Waals surface area contributed by atoms with E-state index in [4.69, 9.17) is 0 Å². The lowest BCUT2D eigenvalue weighted by Gasteiger charge is -2.35. The van der Waals surface area contributed by atoms with Gasteiger partial charge in [-0.3, -0.25) is 9.69 Å². The molecule has 0 saturated carbocycles. The predicted octanol–water partition coefficient (Wildman–Crippen LogP) is 2.17. The number of nitrogens with zero attached hydrogens (tertiary/aromatic N) is 2. The van der Waals surface area contributed by atoms with Crippen LogP contribution in [0, 0.1) is 0 Å².